The molecule has 1 atom stereocenters. The maximum Gasteiger partial charge on any atom is 0.306 e. The van der Waals surface area contributed by atoms with Gasteiger partial charge in [-0.1, -0.05) is 42.5 Å². The number of carbonyl (C=O) groups excluding carboxylic acids is 1. The third kappa shape index (κ3) is 4.25. The molecule has 0 bridgehead atoms. The average molecular weight is 446 g/mol. The van der Waals surface area contributed by atoms with E-state index in [-0.39, 0.29) is 34.5 Å². The summed E-state index contributed by atoms with van der Waals surface area (Å²) in [5, 5.41) is 21.2. The molecular weight excluding hydrogens is 424 g/mol. The minimum absolute atomic E-state index is 0.00410. The molecule has 0 spiro atoms. The van der Waals surface area contributed by atoms with E-state index in [2.05, 4.69) is 0 Å². The molecule has 7 heteroatoms. The van der Waals surface area contributed by atoms with E-state index in [0.29, 0.717) is 16.9 Å². The molecule has 1 heterocycles. The number of benzene rings is 3. The Morgan fingerprint density at radius 1 is 0.970 bits per heavy atom. The zero-order chi connectivity index (χ0) is 23.5. The van der Waals surface area contributed by atoms with Crippen LogP contribution >= 0.6 is 0 Å². The van der Waals surface area contributed by atoms with Crippen molar-refractivity contribution in [2.75, 3.05) is 14.2 Å². The summed E-state index contributed by atoms with van der Waals surface area (Å²) in [5.41, 5.74) is 0.995. The first-order valence-corrected chi connectivity index (χ1v) is 10.2. The van der Waals surface area contributed by atoms with Crippen molar-refractivity contribution in [3.8, 4) is 28.6 Å². The molecule has 1 aromatic heterocycles. The Hall–Kier alpha value is -4.26. The van der Waals surface area contributed by atoms with Crippen molar-refractivity contribution in [1.82, 2.24) is 0 Å². The third-order valence-electron chi connectivity index (χ3n) is 5.50. The third-order valence-corrected chi connectivity index (χ3v) is 5.50. The summed E-state index contributed by atoms with van der Waals surface area (Å²) in [6, 6.07) is 18.4. The lowest BCUT2D eigenvalue weighted by atomic mass is 9.86. The van der Waals surface area contributed by atoms with Gasteiger partial charge in [0.2, 0.25) is 0 Å². The SMILES string of the molecule is COC(=O)CC(c1cccc(OC)c1)c1c(O)cc(O)c2c(=O)cc(-c3ccccc3)oc12. The molecule has 168 valence electrons. The molecule has 0 fully saturated rings. The minimum Gasteiger partial charge on any atom is -0.507 e. The number of carbonyl (C=O) groups is 1. The Morgan fingerprint density at radius 2 is 1.73 bits per heavy atom. The molecule has 0 aliphatic rings. The standard InChI is InChI=1S/C26H22O7/c1-31-17-10-6-9-16(11-17)18(12-23(30)32-2)24-19(27)13-20(28)25-21(29)14-22(33-26(24)25)15-7-4-3-5-8-15/h3-11,13-14,18,27-28H,12H2,1-2H3. The summed E-state index contributed by atoms with van der Waals surface area (Å²) in [4.78, 5) is 25.3. The van der Waals surface area contributed by atoms with Crippen LogP contribution in [-0.4, -0.2) is 30.4 Å². The van der Waals surface area contributed by atoms with Gasteiger partial charge < -0.3 is 24.1 Å². The number of hydrogen-bond acceptors (Lipinski definition) is 7. The molecule has 0 saturated heterocycles. The summed E-state index contributed by atoms with van der Waals surface area (Å²) in [7, 11) is 2.79. The van der Waals surface area contributed by atoms with Crippen molar-refractivity contribution < 1.29 is 28.9 Å². The predicted molar refractivity (Wildman–Crippen MR) is 123 cm³/mol. The van der Waals surface area contributed by atoms with Gasteiger partial charge in [-0.25, -0.2) is 0 Å². The van der Waals surface area contributed by atoms with Crippen molar-refractivity contribution in [3.63, 3.8) is 0 Å². The topological polar surface area (TPSA) is 106 Å². The lowest BCUT2D eigenvalue weighted by Crippen LogP contribution is -2.12. The van der Waals surface area contributed by atoms with Crippen LogP contribution in [0, 0.1) is 0 Å². The second kappa shape index (κ2) is 9.08. The van der Waals surface area contributed by atoms with Crippen LogP contribution in [0.15, 0.2) is 75.9 Å². The Bertz CT molecular complexity index is 1370. The number of fused-ring (bicyclic) bond motifs is 1. The van der Waals surface area contributed by atoms with E-state index in [1.165, 1.54) is 20.3 Å². The molecule has 2 N–H and O–H groups in total. The first kappa shape index (κ1) is 22.0. The van der Waals surface area contributed by atoms with Crippen molar-refractivity contribution >= 4 is 16.9 Å². The van der Waals surface area contributed by atoms with Gasteiger partial charge in [0.1, 0.15) is 34.0 Å². The smallest absolute Gasteiger partial charge is 0.306 e. The predicted octanol–water partition coefficient (Wildman–Crippen LogP) is 4.57. The van der Waals surface area contributed by atoms with Crippen LogP contribution in [-0.2, 0) is 9.53 Å². The van der Waals surface area contributed by atoms with E-state index >= 15 is 0 Å². The van der Waals surface area contributed by atoms with Crippen LogP contribution in [0.3, 0.4) is 0 Å². The van der Waals surface area contributed by atoms with Crippen LogP contribution in [0.2, 0.25) is 0 Å². The number of esters is 1. The van der Waals surface area contributed by atoms with Crippen molar-refractivity contribution in [2.45, 2.75) is 12.3 Å². The quantitative estimate of drug-likeness (QED) is 0.418. The zero-order valence-electron chi connectivity index (χ0n) is 18.1. The van der Waals surface area contributed by atoms with Gasteiger partial charge in [0.15, 0.2) is 5.43 Å². The molecule has 0 radical (unpaired) electrons. The van der Waals surface area contributed by atoms with E-state index in [1.54, 1.807) is 48.5 Å². The monoisotopic (exact) mass is 446 g/mol. The normalized spacial score (nSPS) is 11.8. The van der Waals surface area contributed by atoms with Gasteiger partial charge in [-0.05, 0) is 17.7 Å². The maximum absolute atomic E-state index is 13.0. The van der Waals surface area contributed by atoms with Crippen LogP contribution in [0.25, 0.3) is 22.3 Å². The largest absolute Gasteiger partial charge is 0.507 e. The lowest BCUT2D eigenvalue weighted by molar-refractivity contribution is -0.140. The number of phenols is 2. The Morgan fingerprint density at radius 3 is 2.42 bits per heavy atom. The number of hydrogen-bond donors (Lipinski definition) is 2. The highest BCUT2D eigenvalue weighted by atomic mass is 16.5. The zero-order valence-corrected chi connectivity index (χ0v) is 18.1. The molecule has 33 heavy (non-hydrogen) atoms. The molecule has 4 aromatic rings. The fourth-order valence-electron chi connectivity index (χ4n) is 3.90. The molecule has 0 aliphatic heterocycles. The maximum atomic E-state index is 13.0. The Labute approximate surface area is 189 Å². The molecule has 0 amide bonds. The van der Waals surface area contributed by atoms with E-state index in [4.69, 9.17) is 13.9 Å². The molecule has 3 aromatic carbocycles. The number of rotatable bonds is 6. The summed E-state index contributed by atoms with van der Waals surface area (Å²) in [6.45, 7) is 0. The second-order valence-corrected chi connectivity index (χ2v) is 7.48. The number of ether oxygens (including phenoxy) is 2. The van der Waals surface area contributed by atoms with Crippen LogP contribution in [0.5, 0.6) is 17.2 Å². The van der Waals surface area contributed by atoms with Gasteiger partial charge >= 0.3 is 5.97 Å². The molecule has 0 aliphatic carbocycles. The van der Waals surface area contributed by atoms with E-state index in [9.17, 15) is 19.8 Å². The Kier molecular flexibility index (Phi) is 6.04. The number of phenolic OH excluding ortho intramolecular Hbond substituents is 2. The molecule has 1 unspecified atom stereocenters. The van der Waals surface area contributed by atoms with Gasteiger partial charge in [-0.2, -0.15) is 0 Å². The van der Waals surface area contributed by atoms with Crippen LogP contribution < -0.4 is 10.2 Å². The highest BCUT2D eigenvalue weighted by Crippen LogP contribution is 2.43. The van der Waals surface area contributed by atoms with Gasteiger partial charge in [0.25, 0.3) is 0 Å². The highest BCUT2D eigenvalue weighted by molar-refractivity contribution is 5.90. The molecule has 7 nitrogen and oxygen atoms in total. The van der Waals surface area contributed by atoms with E-state index in [1.807, 2.05) is 6.07 Å². The minimum atomic E-state index is -0.746. The van der Waals surface area contributed by atoms with Crippen LogP contribution in [0.4, 0.5) is 0 Å². The van der Waals surface area contributed by atoms with E-state index < -0.39 is 23.1 Å². The fourth-order valence-corrected chi connectivity index (χ4v) is 3.90. The second-order valence-electron chi connectivity index (χ2n) is 7.48. The van der Waals surface area contributed by atoms with Gasteiger partial charge in [-0.15, -0.1) is 0 Å². The summed E-state index contributed by atoms with van der Waals surface area (Å²) >= 11 is 0. The van der Waals surface area contributed by atoms with Gasteiger partial charge in [0.05, 0.1) is 20.6 Å². The fraction of sp³-hybridized carbons (Fsp3) is 0.154. The van der Waals surface area contributed by atoms with Gasteiger partial charge in [-0.3, -0.25) is 9.59 Å². The molecule has 0 saturated carbocycles. The van der Waals surface area contributed by atoms with Crippen molar-refractivity contribution in [2.24, 2.45) is 0 Å². The molecular formula is C26H22O7. The van der Waals surface area contributed by atoms with Crippen LogP contribution in [0.1, 0.15) is 23.5 Å². The lowest BCUT2D eigenvalue weighted by Gasteiger charge is -2.20. The first-order chi connectivity index (χ1) is 15.9. The first-order valence-electron chi connectivity index (χ1n) is 10.2. The number of aromatic hydroxyl groups is 2. The van der Waals surface area contributed by atoms with Gasteiger partial charge in [0, 0.05) is 29.2 Å². The van der Waals surface area contributed by atoms with Crippen molar-refractivity contribution in [1.29, 1.82) is 0 Å². The van der Waals surface area contributed by atoms with Crippen molar-refractivity contribution in [3.05, 3.63) is 88.1 Å². The average Bonchev–Trinajstić information content (AvgIpc) is 2.83. The molecule has 4 rings (SSSR count). The summed E-state index contributed by atoms with van der Waals surface area (Å²) < 4.78 is 16.3. The number of methoxy groups -OCH3 is 2. The summed E-state index contributed by atoms with van der Waals surface area (Å²) in [5.74, 6) is -1.18. The Balaban J connectivity index is 2.04. The highest BCUT2D eigenvalue weighted by Gasteiger charge is 2.28. The summed E-state index contributed by atoms with van der Waals surface area (Å²) in [6.07, 6.45) is -0.142. The van der Waals surface area contributed by atoms with E-state index in [0.717, 1.165) is 6.07 Å².